The number of hydrogen-bond acceptors (Lipinski definition) is 2. The molecule has 2 fully saturated rings. The standard InChI is InChI=1S/C15H16F3NO/c16-15(17,18)13-4-9(8-1-2-8)3-10-11-5-19-6-14(11)20-7-12(10)13/h3-4,8,11,14,19H,1-2,5-7H2. The zero-order valence-electron chi connectivity index (χ0n) is 11.0. The fourth-order valence-electron chi connectivity index (χ4n) is 3.45. The van der Waals surface area contributed by atoms with Crippen LogP contribution in [0.25, 0.3) is 0 Å². The van der Waals surface area contributed by atoms with Crippen LogP contribution in [0, 0.1) is 0 Å². The van der Waals surface area contributed by atoms with E-state index in [1.54, 1.807) is 0 Å². The zero-order valence-corrected chi connectivity index (χ0v) is 11.0. The summed E-state index contributed by atoms with van der Waals surface area (Å²) in [7, 11) is 0. The molecule has 1 aromatic carbocycles. The van der Waals surface area contributed by atoms with Crippen LogP contribution in [0.5, 0.6) is 0 Å². The van der Waals surface area contributed by atoms with E-state index in [0.717, 1.165) is 30.5 Å². The third-order valence-corrected chi connectivity index (χ3v) is 4.66. The van der Waals surface area contributed by atoms with Crippen LogP contribution in [0.4, 0.5) is 13.2 Å². The summed E-state index contributed by atoms with van der Waals surface area (Å²) in [4.78, 5) is 0. The summed E-state index contributed by atoms with van der Waals surface area (Å²) < 4.78 is 45.6. The van der Waals surface area contributed by atoms with Gasteiger partial charge in [0.1, 0.15) is 0 Å². The molecule has 1 saturated heterocycles. The van der Waals surface area contributed by atoms with E-state index in [4.69, 9.17) is 4.74 Å². The summed E-state index contributed by atoms with van der Waals surface area (Å²) in [6.07, 6.45) is -2.24. The lowest BCUT2D eigenvalue weighted by molar-refractivity contribution is -0.139. The van der Waals surface area contributed by atoms with Crippen molar-refractivity contribution >= 4 is 0 Å². The third-order valence-electron chi connectivity index (χ3n) is 4.66. The second-order valence-corrected chi connectivity index (χ2v) is 6.02. The summed E-state index contributed by atoms with van der Waals surface area (Å²) in [5.74, 6) is 0.399. The first kappa shape index (κ1) is 12.7. The molecule has 2 unspecified atom stereocenters. The molecule has 1 saturated carbocycles. The van der Waals surface area contributed by atoms with Crippen LogP contribution in [-0.2, 0) is 17.5 Å². The van der Waals surface area contributed by atoms with Crippen LogP contribution in [0.3, 0.4) is 0 Å². The highest BCUT2D eigenvalue weighted by Crippen LogP contribution is 2.47. The van der Waals surface area contributed by atoms with Gasteiger partial charge < -0.3 is 10.1 Å². The van der Waals surface area contributed by atoms with Crippen molar-refractivity contribution in [3.63, 3.8) is 0 Å². The number of benzene rings is 1. The molecular formula is C15H16F3NO. The van der Waals surface area contributed by atoms with Crippen LogP contribution >= 0.6 is 0 Å². The van der Waals surface area contributed by atoms with Gasteiger partial charge in [0.15, 0.2) is 0 Å². The molecule has 0 aromatic heterocycles. The lowest BCUT2D eigenvalue weighted by atomic mass is 9.84. The Bertz CT molecular complexity index is 551. The van der Waals surface area contributed by atoms with Gasteiger partial charge in [0, 0.05) is 19.0 Å². The van der Waals surface area contributed by atoms with Crippen molar-refractivity contribution in [3.8, 4) is 0 Å². The Morgan fingerprint density at radius 2 is 1.95 bits per heavy atom. The van der Waals surface area contributed by atoms with E-state index in [2.05, 4.69) is 5.32 Å². The first-order valence-electron chi connectivity index (χ1n) is 7.10. The average molecular weight is 283 g/mol. The van der Waals surface area contributed by atoms with Crippen molar-refractivity contribution in [2.24, 2.45) is 0 Å². The molecule has 1 aliphatic carbocycles. The largest absolute Gasteiger partial charge is 0.416 e. The molecule has 1 aromatic rings. The number of halogens is 3. The van der Waals surface area contributed by atoms with Gasteiger partial charge in [-0.2, -0.15) is 13.2 Å². The molecule has 0 spiro atoms. The molecule has 0 bridgehead atoms. The smallest absolute Gasteiger partial charge is 0.372 e. The van der Waals surface area contributed by atoms with Crippen LogP contribution in [-0.4, -0.2) is 19.2 Å². The fourth-order valence-corrected chi connectivity index (χ4v) is 3.45. The maximum absolute atomic E-state index is 13.3. The highest BCUT2D eigenvalue weighted by atomic mass is 19.4. The van der Waals surface area contributed by atoms with Crippen molar-refractivity contribution in [1.82, 2.24) is 5.32 Å². The summed E-state index contributed by atoms with van der Waals surface area (Å²) in [6, 6.07) is 3.36. The molecule has 2 atom stereocenters. The van der Waals surface area contributed by atoms with Gasteiger partial charge in [-0.25, -0.2) is 0 Å². The normalized spacial score (nSPS) is 29.1. The lowest BCUT2D eigenvalue weighted by Gasteiger charge is -2.31. The van der Waals surface area contributed by atoms with Gasteiger partial charge >= 0.3 is 6.18 Å². The predicted octanol–water partition coefficient (Wildman–Crippen LogP) is 3.17. The van der Waals surface area contributed by atoms with E-state index in [9.17, 15) is 13.2 Å². The van der Waals surface area contributed by atoms with E-state index in [1.165, 1.54) is 6.07 Å². The number of alkyl halides is 3. The third kappa shape index (κ3) is 1.95. The number of hydrogen-bond donors (Lipinski definition) is 1. The van der Waals surface area contributed by atoms with Gasteiger partial charge in [-0.05, 0) is 41.5 Å². The Balaban J connectivity index is 1.87. The van der Waals surface area contributed by atoms with Crippen molar-refractivity contribution < 1.29 is 17.9 Å². The molecule has 4 rings (SSSR count). The summed E-state index contributed by atoms with van der Waals surface area (Å²) in [5.41, 5.74) is 1.60. The van der Waals surface area contributed by atoms with Crippen molar-refractivity contribution in [2.75, 3.05) is 13.1 Å². The number of rotatable bonds is 1. The van der Waals surface area contributed by atoms with Gasteiger partial charge in [0.25, 0.3) is 0 Å². The molecular weight excluding hydrogens is 267 g/mol. The van der Waals surface area contributed by atoms with E-state index in [0.29, 0.717) is 18.0 Å². The molecule has 2 aliphatic heterocycles. The molecule has 1 N–H and O–H groups in total. The molecule has 108 valence electrons. The molecule has 2 nitrogen and oxygen atoms in total. The van der Waals surface area contributed by atoms with E-state index >= 15 is 0 Å². The lowest BCUT2D eigenvalue weighted by Crippen LogP contribution is -2.29. The molecule has 20 heavy (non-hydrogen) atoms. The van der Waals surface area contributed by atoms with E-state index in [1.807, 2.05) is 6.07 Å². The molecule has 5 heteroatoms. The highest BCUT2D eigenvalue weighted by Gasteiger charge is 2.42. The molecule has 0 amide bonds. The van der Waals surface area contributed by atoms with Crippen molar-refractivity contribution in [3.05, 3.63) is 34.4 Å². The van der Waals surface area contributed by atoms with Crippen LogP contribution in [0.1, 0.15) is 46.9 Å². The number of fused-ring (bicyclic) bond motifs is 3. The topological polar surface area (TPSA) is 21.3 Å². The number of nitrogens with one attached hydrogen (secondary N) is 1. The van der Waals surface area contributed by atoms with Crippen LogP contribution in [0.2, 0.25) is 0 Å². The molecule has 0 radical (unpaired) electrons. The summed E-state index contributed by atoms with van der Waals surface area (Å²) in [5, 5.41) is 3.22. The Morgan fingerprint density at radius 1 is 1.15 bits per heavy atom. The molecule has 3 aliphatic rings. The molecule has 2 heterocycles. The Kier molecular flexibility index (Phi) is 2.67. The predicted molar refractivity (Wildman–Crippen MR) is 67.6 cm³/mol. The second kappa shape index (κ2) is 4.21. The van der Waals surface area contributed by atoms with Crippen LogP contribution < -0.4 is 5.32 Å². The fraction of sp³-hybridized carbons (Fsp3) is 0.600. The van der Waals surface area contributed by atoms with Gasteiger partial charge in [0.05, 0.1) is 18.3 Å². The zero-order chi connectivity index (χ0) is 13.9. The van der Waals surface area contributed by atoms with Crippen molar-refractivity contribution in [2.45, 2.75) is 43.6 Å². The minimum absolute atomic E-state index is 0.0260. The van der Waals surface area contributed by atoms with Gasteiger partial charge in [0.2, 0.25) is 0 Å². The first-order valence-corrected chi connectivity index (χ1v) is 7.10. The second-order valence-electron chi connectivity index (χ2n) is 6.02. The first-order chi connectivity index (χ1) is 9.54. The summed E-state index contributed by atoms with van der Waals surface area (Å²) >= 11 is 0. The average Bonchev–Trinajstić information content (AvgIpc) is 3.13. The number of ether oxygens (including phenoxy) is 1. The Hall–Kier alpha value is -1.07. The SMILES string of the molecule is FC(F)(F)c1cc(C2CC2)cc2c1COC1CNCC21. The van der Waals surface area contributed by atoms with Gasteiger partial charge in [-0.1, -0.05) is 6.07 Å². The van der Waals surface area contributed by atoms with E-state index < -0.39 is 11.7 Å². The summed E-state index contributed by atoms with van der Waals surface area (Å²) in [6.45, 7) is 1.53. The maximum Gasteiger partial charge on any atom is 0.416 e. The van der Waals surface area contributed by atoms with Gasteiger partial charge in [-0.15, -0.1) is 0 Å². The highest BCUT2D eigenvalue weighted by molar-refractivity contribution is 5.46. The minimum Gasteiger partial charge on any atom is -0.372 e. The Morgan fingerprint density at radius 3 is 2.65 bits per heavy atom. The minimum atomic E-state index is -4.29. The monoisotopic (exact) mass is 283 g/mol. The van der Waals surface area contributed by atoms with E-state index in [-0.39, 0.29) is 18.6 Å². The quantitative estimate of drug-likeness (QED) is 0.854. The Labute approximate surface area is 115 Å². The van der Waals surface area contributed by atoms with Crippen LogP contribution in [0.15, 0.2) is 12.1 Å². The van der Waals surface area contributed by atoms with Crippen molar-refractivity contribution in [1.29, 1.82) is 0 Å². The maximum atomic E-state index is 13.3. The van der Waals surface area contributed by atoms with Gasteiger partial charge in [-0.3, -0.25) is 0 Å².